The summed E-state index contributed by atoms with van der Waals surface area (Å²) in [4.78, 5) is 42.5. The fraction of sp³-hybridized carbons (Fsp3) is 0.545. The second-order valence-corrected chi connectivity index (χ2v) is 7.56. The highest BCUT2D eigenvalue weighted by Crippen LogP contribution is 2.40. The minimum absolute atomic E-state index is 0.00619. The van der Waals surface area contributed by atoms with Gasteiger partial charge in [-0.15, -0.1) is 0 Å². The third-order valence-electron chi connectivity index (χ3n) is 5.76. The summed E-state index contributed by atoms with van der Waals surface area (Å²) >= 11 is 0. The SMILES string of the molecule is CCON=CCCC1C(=O)CC(c2c(C)cc3c(c2C)C(=O)CC3)CC1=O. The maximum atomic E-state index is 12.7. The topological polar surface area (TPSA) is 72.8 Å². The highest BCUT2D eigenvalue weighted by atomic mass is 16.6. The highest BCUT2D eigenvalue weighted by molar-refractivity contribution is 6.06. The number of fused-ring (bicyclic) bond motifs is 1. The van der Waals surface area contributed by atoms with Crippen molar-refractivity contribution in [1.29, 1.82) is 0 Å². The van der Waals surface area contributed by atoms with Crippen LogP contribution in [0.2, 0.25) is 0 Å². The molecule has 144 valence electrons. The molecule has 0 aromatic heterocycles. The monoisotopic (exact) mass is 369 g/mol. The quantitative estimate of drug-likeness (QED) is 0.433. The number of carbonyl (C=O) groups excluding carboxylic acids is 3. The molecule has 2 aliphatic rings. The molecular formula is C22H27NO4. The van der Waals surface area contributed by atoms with E-state index in [1.165, 1.54) is 0 Å². The van der Waals surface area contributed by atoms with Crippen LogP contribution in [0.15, 0.2) is 11.2 Å². The molecule has 0 radical (unpaired) electrons. The Hall–Kier alpha value is -2.30. The third kappa shape index (κ3) is 3.87. The van der Waals surface area contributed by atoms with Crippen molar-refractivity contribution in [3.63, 3.8) is 0 Å². The number of ketones is 3. The first-order valence-electron chi connectivity index (χ1n) is 9.79. The van der Waals surface area contributed by atoms with Gasteiger partial charge in [0.05, 0.1) is 5.92 Å². The summed E-state index contributed by atoms with van der Waals surface area (Å²) < 4.78 is 0. The molecule has 2 aliphatic carbocycles. The Bertz CT molecular complexity index is 791. The van der Waals surface area contributed by atoms with Crippen LogP contribution in [0.3, 0.4) is 0 Å². The lowest BCUT2D eigenvalue weighted by atomic mass is 9.73. The van der Waals surface area contributed by atoms with E-state index in [1.807, 2.05) is 20.8 Å². The zero-order valence-corrected chi connectivity index (χ0v) is 16.3. The van der Waals surface area contributed by atoms with Crippen molar-refractivity contribution >= 4 is 23.6 Å². The summed E-state index contributed by atoms with van der Waals surface area (Å²) in [5.41, 5.74) is 5.03. The van der Waals surface area contributed by atoms with Crippen molar-refractivity contribution in [3.05, 3.63) is 33.9 Å². The summed E-state index contributed by atoms with van der Waals surface area (Å²) in [7, 11) is 0. The average Bonchev–Trinajstić information content (AvgIpc) is 2.97. The van der Waals surface area contributed by atoms with Gasteiger partial charge in [0.2, 0.25) is 0 Å². The number of carbonyl (C=O) groups is 3. The fourth-order valence-corrected chi connectivity index (χ4v) is 4.64. The number of benzene rings is 1. The molecule has 1 aromatic carbocycles. The van der Waals surface area contributed by atoms with Crippen molar-refractivity contribution in [2.75, 3.05) is 6.61 Å². The van der Waals surface area contributed by atoms with Gasteiger partial charge in [-0.05, 0) is 68.2 Å². The molecule has 0 bridgehead atoms. The Kier molecular flexibility index (Phi) is 5.88. The fourth-order valence-electron chi connectivity index (χ4n) is 4.64. The van der Waals surface area contributed by atoms with Crippen molar-refractivity contribution < 1.29 is 19.2 Å². The summed E-state index contributed by atoms with van der Waals surface area (Å²) in [6.45, 7) is 6.34. The van der Waals surface area contributed by atoms with Crippen molar-refractivity contribution in [1.82, 2.24) is 0 Å². The van der Waals surface area contributed by atoms with Gasteiger partial charge in [-0.2, -0.15) is 0 Å². The molecule has 1 aromatic rings. The largest absolute Gasteiger partial charge is 0.396 e. The standard InChI is InChI=1S/C22H27NO4/c1-4-27-23-9-5-6-17-19(25)11-16(12-20(17)26)21-13(2)10-15-7-8-18(24)22(15)14(21)3/h9-10,16-17H,4-8,11-12H2,1-3H3. The molecule has 3 rings (SSSR count). The van der Waals surface area contributed by atoms with E-state index in [-0.39, 0.29) is 23.3 Å². The number of nitrogens with zero attached hydrogens (tertiary/aromatic N) is 1. The summed E-state index contributed by atoms with van der Waals surface area (Å²) in [6, 6.07) is 2.08. The van der Waals surface area contributed by atoms with E-state index in [4.69, 9.17) is 4.84 Å². The number of oxime groups is 1. The maximum Gasteiger partial charge on any atom is 0.163 e. The van der Waals surface area contributed by atoms with E-state index in [0.717, 1.165) is 34.2 Å². The minimum atomic E-state index is -0.536. The first kappa shape index (κ1) is 19.5. The van der Waals surface area contributed by atoms with E-state index < -0.39 is 5.92 Å². The molecule has 27 heavy (non-hydrogen) atoms. The van der Waals surface area contributed by atoms with Gasteiger partial charge in [0, 0.05) is 31.0 Å². The number of hydrogen-bond donors (Lipinski definition) is 0. The molecule has 1 fully saturated rings. The van der Waals surface area contributed by atoms with Crippen LogP contribution in [0.5, 0.6) is 0 Å². The molecule has 0 saturated heterocycles. The van der Waals surface area contributed by atoms with Crippen molar-refractivity contribution in [2.45, 2.75) is 65.2 Å². The van der Waals surface area contributed by atoms with Crippen molar-refractivity contribution in [3.8, 4) is 0 Å². The number of rotatable bonds is 6. The van der Waals surface area contributed by atoms with Crippen LogP contribution in [-0.4, -0.2) is 30.2 Å². The van der Waals surface area contributed by atoms with Gasteiger partial charge in [0.15, 0.2) is 5.78 Å². The molecule has 5 heteroatoms. The lowest BCUT2D eigenvalue weighted by molar-refractivity contribution is -0.136. The lowest BCUT2D eigenvalue weighted by Crippen LogP contribution is -2.33. The number of hydrogen-bond acceptors (Lipinski definition) is 5. The van der Waals surface area contributed by atoms with E-state index in [0.29, 0.717) is 38.7 Å². The van der Waals surface area contributed by atoms with Crippen LogP contribution in [0.25, 0.3) is 0 Å². The van der Waals surface area contributed by atoms with Gasteiger partial charge in [-0.3, -0.25) is 14.4 Å². The van der Waals surface area contributed by atoms with Crippen LogP contribution >= 0.6 is 0 Å². The van der Waals surface area contributed by atoms with Gasteiger partial charge in [-0.1, -0.05) is 11.2 Å². The van der Waals surface area contributed by atoms with Crippen LogP contribution in [0.1, 0.15) is 77.6 Å². The van der Waals surface area contributed by atoms with Gasteiger partial charge < -0.3 is 4.84 Å². The zero-order chi connectivity index (χ0) is 19.6. The first-order valence-corrected chi connectivity index (χ1v) is 9.79. The Labute approximate surface area is 160 Å². The predicted molar refractivity (Wildman–Crippen MR) is 103 cm³/mol. The normalized spacial score (nSPS) is 22.6. The first-order chi connectivity index (χ1) is 12.9. The molecule has 0 atom stereocenters. The van der Waals surface area contributed by atoms with Crippen LogP contribution in [0.4, 0.5) is 0 Å². The molecule has 0 unspecified atom stereocenters. The zero-order valence-electron chi connectivity index (χ0n) is 16.3. The van der Waals surface area contributed by atoms with Gasteiger partial charge >= 0.3 is 0 Å². The summed E-state index contributed by atoms with van der Waals surface area (Å²) in [5, 5.41) is 3.77. The average molecular weight is 369 g/mol. The van der Waals surface area contributed by atoms with Gasteiger partial charge in [0.25, 0.3) is 0 Å². The van der Waals surface area contributed by atoms with Crippen LogP contribution in [0, 0.1) is 19.8 Å². The Morgan fingerprint density at radius 2 is 1.85 bits per heavy atom. The van der Waals surface area contributed by atoms with E-state index in [1.54, 1.807) is 6.21 Å². The van der Waals surface area contributed by atoms with Crippen molar-refractivity contribution in [2.24, 2.45) is 11.1 Å². The molecular weight excluding hydrogens is 342 g/mol. The number of Topliss-reactive ketones (excluding diaryl/α,β-unsaturated/α-hetero) is 3. The lowest BCUT2D eigenvalue weighted by Gasteiger charge is -2.29. The smallest absolute Gasteiger partial charge is 0.163 e. The highest BCUT2D eigenvalue weighted by Gasteiger charge is 2.37. The molecule has 0 N–H and O–H groups in total. The van der Waals surface area contributed by atoms with Gasteiger partial charge in [0.1, 0.15) is 18.2 Å². The summed E-state index contributed by atoms with van der Waals surface area (Å²) in [6.07, 6.45) is 4.76. The number of aryl methyl sites for hydroxylation is 2. The molecule has 1 saturated carbocycles. The Morgan fingerprint density at radius 3 is 2.52 bits per heavy atom. The molecule has 0 heterocycles. The van der Waals surface area contributed by atoms with Crippen LogP contribution < -0.4 is 0 Å². The predicted octanol–water partition coefficient (Wildman–Crippen LogP) is 3.87. The Balaban J connectivity index is 1.76. The maximum absolute atomic E-state index is 12.7. The second-order valence-electron chi connectivity index (χ2n) is 7.56. The van der Waals surface area contributed by atoms with E-state index >= 15 is 0 Å². The molecule has 0 aliphatic heterocycles. The Morgan fingerprint density at radius 1 is 1.15 bits per heavy atom. The minimum Gasteiger partial charge on any atom is -0.396 e. The van der Waals surface area contributed by atoms with Gasteiger partial charge in [-0.25, -0.2) is 0 Å². The molecule has 5 nitrogen and oxygen atoms in total. The molecule has 0 amide bonds. The molecule has 0 spiro atoms. The second kappa shape index (κ2) is 8.15. The van der Waals surface area contributed by atoms with E-state index in [2.05, 4.69) is 11.2 Å². The third-order valence-corrected chi connectivity index (χ3v) is 5.76. The van der Waals surface area contributed by atoms with Crippen LogP contribution in [-0.2, 0) is 20.8 Å². The van der Waals surface area contributed by atoms with E-state index in [9.17, 15) is 14.4 Å². The summed E-state index contributed by atoms with van der Waals surface area (Å²) in [5.74, 6) is -0.454.